The lowest BCUT2D eigenvalue weighted by atomic mass is 10.0. The molecule has 0 aliphatic rings. The Kier molecular flexibility index (Phi) is 3.16. The van der Waals surface area contributed by atoms with Crippen LogP contribution in [0.4, 0.5) is 0 Å². The largest absolute Gasteiger partial charge is 0.454 e. The van der Waals surface area contributed by atoms with E-state index in [1.165, 1.54) is 31.3 Å². The molecule has 0 aliphatic heterocycles. The number of rotatable bonds is 1. The van der Waals surface area contributed by atoms with Crippen molar-refractivity contribution in [3.63, 3.8) is 0 Å². The summed E-state index contributed by atoms with van der Waals surface area (Å²) in [6, 6.07) is 27.6. The lowest BCUT2D eigenvalue weighted by Gasteiger charge is -2.03. The molecular weight excluding hydrogens is 372 g/mol. The number of furan rings is 1. The standard InChI is InChI=1S/C24H13ClOS/c25-20-6-3-5-17-18-12-14(8-10-21(18)26-24(17)20)15-9-11-23-19(13-15)16-4-1-2-7-22(16)27-23/h1-13H. The molecular formula is C24H13ClOS. The van der Waals surface area contributed by atoms with Gasteiger partial charge in [0.25, 0.3) is 0 Å². The fourth-order valence-electron chi connectivity index (χ4n) is 3.85. The maximum Gasteiger partial charge on any atom is 0.153 e. The van der Waals surface area contributed by atoms with Gasteiger partial charge in [-0.05, 0) is 47.5 Å². The molecule has 3 heteroatoms. The molecule has 2 heterocycles. The van der Waals surface area contributed by atoms with Gasteiger partial charge in [-0.25, -0.2) is 0 Å². The second-order valence-electron chi connectivity index (χ2n) is 6.74. The predicted molar refractivity (Wildman–Crippen MR) is 117 cm³/mol. The molecule has 0 N–H and O–H groups in total. The minimum absolute atomic E-state index is 0.649. The fraction of sp³-hybridized carbons (Fsp3) is 0. The van der Waals surface area contributed by atoms with Crippen molar-refractivity contribution in [1.29, 1.82) is 0 Å². The van der Waals surface area contributed by atoms with Gasteiger partial charge in [-0.1, -0.05) is 54.1 Å². The number of para-hydroxylation sites is 1. The van der Waals surface area contributed by atoms with Crippen molar-refractivity contribution in [2.45, 2.75) is 0 Å². The first kappa shape index (κ1) is 15.3. The first-order valence-corrected chi connectivity index (χ1v) is 10.00. The van der Waals surface area contributed by atoms with Gasteiger partial charge >= 0.3 is 0 Å². The van der Waals surface area contributed by atoms with Crippen LogP contribution in [0.1, 0.15) is 0 Å². The van der Waals surface area contributed by atoms with Crippen molar-refractivity contribution in [2.24, 2.45) is 0 Å². The van der Waals surface area contributed by atoms with E-state index in [2.05, 4.69) is 60.7 Å². The van der Waals surface area contributed by atoms with Gasteiger partial charge in [0, 0.05) is 30.9 Å². The monoisotopic (exact) mass is 384 g/mol. The van der Waals surface area contributed by atoms with Crippen molar-refractivity contribution in [3.05, 3.63) is 83.9 Å². The molecule has 1 nitrogen and oxygen atoms in total. The average Bonchev–Trinajstić information content (AvgIpc) is 3.26. The zero-order chi connectivity index (χ0) is 18.0. The van der Waals surface area contributed by atoms with E-state index >= 15 is 0 Å². The normalized spacial score (nSPS) is 11.9. The first-order chi connectivity index (χ1) is 13.3. The van der Waals surface area contributed by atoms with E-state index in [-0.39, 0.29) is 0 Å². The van der Waals surface area contributed by atoms with Crippen LogP contribution >= 0.6 is 22.9 Å². The summed E-state index contributed by atoms with van der Waals surface area (Å²) in [4.78, 5) is 0. The molecule has 0 atom stereocenters. The summed E-state index contributed by atoms with van der Waals surface area (Å²) >= 11 is 8.14. The number of halogens is 1. The molecule has 0 spiro atoms. The van der Waals surface area contributed by atoms with Gasteiger partial charge < -0.3 is 4.42 Å². The Labute approximate surface area is 164 Å². The van der Waals surface area contributed by atoms with Gasteiger partial charge in [-0.3, -0.25) is 0 Å². The summed E-state index contributed by atoms with van der Waals surface area (Å²) in [7, 11) is 0. The second kappa shape index (κ2) is 5.59. The summed E-state index contributed by atoms with van der Waals surface area (Å²) in [6.45, 7) is 0. The molecule has 0 unspecified atom stereocenters. The third-order valence-electron chi connectivity index (χ3n) is 5.16. The summed E-state index contributed by atoms with van der Waals surface area (Å²) in [5.74, 6) is 0. The lowest BCUT2D eigenvalue weighted by molar-refractivity contribution is 0.669. The van der Waals surface area contributed by atoms with Crippen molar-refractivity contribution in [2.75, 3.05) is 0 Å². The Hall–Kier alpha value is -2.81. The highest BCUT2D eigenvalue weighted by Gasteiger charge is 2.12. The zero-order valence-corrected chi connectivity index (χ0v) is 15.8. The van der Waals surface area contributed by atoms with E-state index in [0.717, 1.165) is 21.9 Å². The Morgan fingerprint density at radius 2 is 1.37 bits per heavy atom. The van der Waals surface area contributed by atoms with E-state index < -0.39 is 0 Å². The minimum atomic E-state index is 0.649. The van der Waals surface area contributed by atoms with Gasteiger partial charge in [0.15, 0.2) is 5.58 Å². The average molecular weight is 385 g/mol. The van der Waals surface area contributed by atoms with E-state index in [1.54, 1.807) is 0 Å². The fourth-order valence-corrected chi connectivity index (χ4v) is 5.15. The van der Waals surface area contributed by atoms with E-state index in [4.69, 9.17) is 16.0 Å². The Morgan fingerprint density at radius 3 is 2.30 bits per heavy atom. The molecule has 0 saturated heterocycles. The van der Waals surface area contributed by atoms with Crippen LogP contribution in [0.15, 0.2) is 83.3 Å². The van der Waals surface area contributed by atoms with Crippen LogP contribution in [-0.2, 0) is 0 Å². The molecule has 6 rings (SSSR count). The minimum Gasteiger partial charge on any atom is -0.454 e. The third kappa shape index (κ3) is 2.24. The highest BCUT2D eigenvalue weighted by atomic mass is 35.5. The van der Waals surface area contributed by atoms with Gasteiger partial charge in [-0.15, -0.1) is 11.3 Å². The smallest absolute Gasteiger partial charge is 0.153 e. The van der Waals surface area contributed by atoms with Crippen molar-refractivity contribution >= 4 is 65.0 Å². The molecule has 0 bridgehead atoms. The number of hydrogen-bond acceptors (Lipinski definition) is 2. The zero-order valence-electron chi connectivity index (χ0n) is 14.2. The molecule has 0 radical (unpaired) electrons. The summed E-state index contributed by atoms with van der Waals surface area (Å²) in [5.41, 5.74) is 4.01. The number of benzene rings is 4. The lowest BCUT2D eigenvalue weighted by Crippen LogP contribution is -1.78. The van der Waals surface area contributed by atoms with Crippen LogP contribution in [-0.4, -0.2) is 0 Å². The summed E-state index contributed by atoms with van der Waals surface area (Å²) < 4.78 is 8.61. The van der Waals surface area contributed by atoms with E-state index in [1.807, 2.05) is 29.5 Å². The third-order valence-corrected chi connectivity index (χ3v) is 6.61. The van der Waals surface area contributed by atoms with Crippen LogP contribution in [0.3, 0.4) is 0 Å². The molecule has 128 valence electrons. The molecule has 27 heavy (non-hydrogen) atoms. The highest BCUT2D eigenvalue weighted by Crippen LogP contribution is 2.38. The van der Waals surface area contributed by atoms with Gasteiger partial charge in [0.1, 0.15) is 5.58 Å². The number of hydrogen-bond donors (Lipinski definition) is 0. The highest BCUT2D eigenvalue weighted by molar-refractivity contribution is 7.25. The number of thiophene rings is 1. The Morgan fingerprint density at radius 1 is 0.630 bits per heavy atom. The molecule has 0 saturated carbocycles. The van der Waals surface area contributed by atoms with Crippen LogP contribution in [0.2, 0.25) is 5.02 Å². The number of fused-ring (bicyclic) bond motifs is 6. The van der Waals surface area contributed by atoms with Crippen molar-refractivity contribution < 1.29 is 4.42 Å². The van der Waals surface area contributed by atoms with Gasteiger partial charge in [0.05, 0.1) is 5.02 Å². The van der Waals surface area contributed by atoms with Crippen molar-refractivity contribution in [1.82, 2.24) is 0 Å². The predicted octanol–water partition coefficient (Wildman–Crippen LogP) is 8.27. The topological polar surface area (TPSA) is 13.1 Å². The molecule has 4 aromatic carbocycles. The summed E-state index contributed by atoms with van der Waals surface area (Å²) in [6.07, 6.45) is 0. The molecule has 0 fully saturated rings. The molecule has 6 aromatic rings. The second-order valence-corrected chi connectivity index (χ2v) is 8.23. The Bertz CT molecular complexity index is 1490. The van der Waals surface area contributed by atoms with E-state index in [9.17, 15) is 0 Å². The van der Waals surface area contributed by atoms with Crippen LogP contribution in [0, 0.1) is 0 Å². The molecule has 0 aliphatic carbocycles. The molecule has 0 amide bonds. The van der Waals surface area contributed by atoms with E-state index in [0.29, 0.717) is 5.02 Å². The molecule has 2 aromatic heterocycles. The maximum atomic E-state index is 6.30. The summed E-state index contributed by atoms with van der Waals surface area (Å²) in [5, 5.41) is 5.44. The van der Waals surface area contributed by atoms with Crippen LogP contribution < -0.4 is 0 Å². The quantitative estimate of drug-likeness (QED) is 0.278. The van der Waals surface area contributed by atoms with Crippen LogP contribution in [0.25, 0.3) is 53.2 Å². The SMILES string of the molecule is Clc1cccc2c1oc1ccc(-c3ccc4sc5ccccc5c4c3)cc12. The maximum absolute atomic E-state index is 6.30. The van der Waals surface area contributed by atoms with Crippen LogP contribution in [0.5, 0.6) is 0 Å². The van der Waals surface area contributed by atoms with Crippen molar-refractivity contribution in [3.8, 4) is 11.1 Å². The van der Waals surface area contributed by atoms with Gasteiger partial charge in [-0.2, -0.15) is 0 Å². The Balaban J connectivity index is 1.61. The van der Waals surface area contributed by atoms with Gasteiger partial charge in [0.2, 0.25) is 0 Å². The first-order valence-electron chi connectivity index (χ1n) is 8.80.